The van der Waals surface area contributed by atoms with Crippen molar-refractivity contribution in [1.82, 2.24) is 14.9 Å². The number of phenols is 1. The third kappa shape index (κ3) is 3.48. The van der Waals surface area contributed by atoms with Gasteiger partial charge in [0.25, 0.3) is 0 Å². The van der Waals surface area contributed by atoms with E-state index in [4.69, 9.17) is 4.74 Å². The Morgan fingerprint density at radius 1 is 1.18 bits per heavy atom. The molecule has 0 bridgehead atoms. The third-order valence-corrected chi connectivity index (χ3v) is 5.16. The van der Waals surface area contributed by atoms with E-state index in [0.29, 0.717) is 6.54 Å². The third-order valence-electron chi connectivity index (χ3n) is 5.16. The van der Waals surface area contributed by atoms with Gasteiger partial charge in [-0.1, -0.05) is 24.3 Å². The van der Waals surface area contributed by atoms with Gasteiger partial charge in [-0.15, -0.1) is 0 Å². The molecule has 0 atom stereocenters. The molecule has 1 aliphatic rings. The number of hydrogen-bond donors (Lipinski definition) is 1. The minimum atomic E-state index is -0.531. The molecule has 0 unspecified atom stereocenters. The molecule has 1 N–H and O–H groups in total. The second-order valence-electron chi connectivity index (χ2n) is 6.79. The van der Waals surface area contributed by atoms with Gasteiger partial charge in [0.2, 0.25) is 0 Å². The number of esters is 1. The van der Waals surface area contributed by atoms with Gasteiger partial charge in [0.1, 0.15) is 17.1 Å². The van der Waals surface area contributed by atoms with Gasteiger partial charge in [0.05, 0.1) is 13.3 Å². The number of piperazine rings is 1. The highest BCUT2D eigenvalue weighted by atomic mass is 16.5. The van der Waals surface area contributed by atoms with Crippen LogP contribution in [0.2, 0.25) is 0 Å². The topological polar surface area (TPSA) is 78.8 Å². The van der Waals surface area contributed by atoms with Crippen molar-refractivity contribution in [3.63, 3.8) is 0 Å². The molecule has 2 aromatic carbocycles. The summed E-state index contributed by atoms with van der Waals surface area (Å²) >= 11 is 0. The number of aromatic nitrogens is 2. The molecule has 1 saturated heterocycles. The average molecular weight is 378 g/mol. The molecule has 0 radical (unpaired) electrons. The molecule has 0 saturated carbocycles. The van der Waals surface area contributed by atoms with Crippen molar-refractivity contribution in [3.8, 4) is 5.75 Å². The molecule has 0 amide bonds. The number of methoxy groups -OCH3 is 1. The van der Waals surface area contributed by atoms with E-state index in [1.807, 2.05) is 24.3 Å². The number of rotatable bonds is 4. The zero-order chi connectivity index (χ0) is 19.5. The summed E-state index contributed by atoms with van der Waals surface area (Å²) in [7, 11) is 1.32. The van der Waals surface area contributed by atoms with Crippen molar-refractivity contribution in [1.29, 1.82) is 0 Å². The van der Waals surface area contributed by atoms with Gasteiger partial charge in [0.15, 0.2) is 0 Å². The first kappa shape index (κ1) is 18.2. The summed E-state index contributed by atoms with van der Waals surface area (Å²) in [6.45, 7) is 3.87. The molecule has 0 aliphatic carbocycles. The lowest BCUT2D eigenvalue weighted by Crippen LogP contribution is -2.46. The Bertz CT molecular complexity index is 986. The van der Waals surface area contributed by atoms with Gasteiger partial charge in [-0.25, -0.2) is 9.78 Å². The number of phenolic OH excluding ortho intramolecular Hbond substituents is 1. The molecule has 1 aliphatic heterocycles. The Labute approximate surface area is 163 Å². The fourth-order valence-corrected chi connectivity index (χ4v) is 3.65. The molecular weight excluding hydrogens is 356 g/mol. The van der Waals surface area contributed by atoms with E-state index in [9.17, 15) is 9.90 Å². The first-order chi connectivity index (χ1) is 13.7. The minimum Gasteiger partial charge on any atom is -0.507 e. The maximum Gasteiger partial charge on any atom is 0.341 e. The maximum absolute atomic E-state index is 12.1. The number of benzene rings is 2. The lowest BCUT2D eigenvalue weighted by Gasteiger charge is -2.35. The number of carbonyl (C=O) groups is 1. The standard InChI is InChI=1S/C21H22N4O3/c1-28-21(27)17-12-15-4-2-3-5-16(15)18(20(17)26)14-24-8-10-25(11-9-24)19-13-22-6-7-23-19/h2-7,12-13,26H,8-11,14H2,1H3. The van der Waals surface area contributed by atoms with E-state index in [0.717, 1.165) is 48.3 Å². The molecule has 0 spiro atoms. The minimum absolute atomic E-state index is 0.00176. The number of anilines is 1. The van der Waals surface area contributed by atoms with Crippen LogP contribution >= 0.6 is 0 Å². The summed E-state index contributed by atoms with van der Waals surface area (Å²) in [5, 5.41) is 12.7. The molecule has 2 heterocycles. The van der Waals surface area contributed by atoms with Crippen LogP contribution in [0.15, 0.2) is 48.9 Å². The van der Waals surface area contributed by atoms with Gasteiger partial charge in [-0.3, -0.25) is 9.88 Å². The molecule has 7 heteroatoms. The van der Waals surface area contributed by atoms with E-state index in [-0.39, 0.29) is 11.3 Å². The fraction of sp³-hybridized carbons (Fsp3) is 0.286. The lowest BCUT2D eigenvalue weighted by molar-refractivity contribution is 0.0597. The Morgan fingerprint density at radius 3 is 2.68 bits per heavy atom. The van der Waals surface area contributed by atoms with Crippen LogP contribution in [0.3, 0.4) is 0 Å². The van der Waals surface area contributed by atoms with E-state index in [2.05, 4.69) is 19.8 Å². The van der Waals surface area contributed by atoms with Crippen molar-refractivity contribution in [2.24, 2.45) is 0 Å². The normalized spacial score (nSPS) is 15.0. The molecule has 7 nitrogen and oxygen atoms in total. The molecule has 3 aromatic rings. The van der Waals surface area contributed by atoms with Crippen LogP contribution in [-0.2, 0) is 11.3 Å². The van der Waals surface area contributed by atoms with Crippen molar-refractivity contribution < 1.29 is 14.6 Å². The number of fused-ring (bicyclic) bond motifs is 1. The molecular formula is C21H22N4O3. The van der Waals surface area contributed by atoms with Gasteiger partial charge in [-0.05, 0) is 16.8 Å². The number of carbonyl (C=O) groups excluding carboxylic acids is 1. The van der Waals surface area contributed by atoms with Crippen LogP contribution in [0.4, 0.5) is 5.82 Å². The summed E-state index contributed by atoms with van der Waals surface area (Å²) in [6.07, 6.45) is 5.14. The summed E-state index contributed by atoms with van der Waals surface area (Å²) in [6, 6.07) is 9.46. The van der Waals surface area contributed by atoms with Crippen LogP contribution in [-0.4, -0.2) is 59.2 Å². The lowest BCUT2D eigenvalue weighted by atomic mass is 9.98. The van der Waals surface area contributed by atoms with Crippen molar-refractivity contribution in [2.75, 3.05) is 38.2 Å². The quantitative estimate of drug-likeness (QED) is 0.699. The first-order valence-electron chi connectivity index (χ1n) is 9.22. The zero-order valence-corrected chi connectivity index (χ0v) is 15.7. The highest BCUT2D eigenvalue weighted by molar-refractivity contribution is 6.00. The number of hydrogen-bond acceptors (Lipinski definition) is 7. The predicted octanol–water partition coefficient (Wildman–Crippen LogP) is 2.44. The van der Waals surface area contributed by atoms with Crippen molar-refractivity contribution >= 4 is 22.6 Å². The van der Waals surface area contributed by atoms with Crippen LogP contribution in [0.1, 0.15) is 15.9 Å². The summed E-state index contributed by atoms with van der Waals surface area (Å²) in [4.78, 5) is 25.1. The number of aromatic hydroxyl groups is 1. The average Bonchev–Trinajstić information content (AvgIpc) is 2.76. The Kier molecular flexibility index (Phi) is 5.08. The Hall–Kier alpha value is -3.19. The Morgan fingerprint density at radius 2 is 1.96 bits per heavy atom. The second-order valence-corrected chi connectivity index (χ2v) is 6.79. The first-order valence-corrected chi connectivity index (χ1v) is 9.22. The van der Waals surface area contributed by atoms with Crippen molar-refractivity contribution in [3.05, 3.63) is 60.0 Å². The molecule has 28 heavy (non-hydrogen) atoms. The monoisotopic (exact) mass is 378 g/mol. The van der Waals surface area contributed by atoms with E-state index >= 15 is 0 Å². The van der Waals surface area contributed by atoms with Crippen LogP contribution in [0, 0.1) is 0 Å². The SMILES string of the molecule is COC(=O)c1cc2ccccc2c(CN2CCN(c3cnccn3)CC2)c1O. The smallest absolute Gasteiger partial charge is 0.341 e. The van der Waals surface area contributed by atoms with E-state index in [1.54, 1.807) is 24.7 Å². The van der Waals surface area contributed by atoms with Crippen LogP contribution < -0.4 is 4.90 Å². The summed E-state index contributed by atoms with van der Waals surface area (Å²) < 4.78 is 4.84. The summed E-state index contributed by atoms with van der Waals surface area (Å²) in [5.41, 5.74) is 0.959. The predicted molar refractivity (Wildman–Crippen MR) is 106 cm³/mol. The van der Waals surface area contributed by atoms with Gasteiger partial charge >= 0.3 is 5.97 Å². The van der Waals surface area contributed by atoms with Crippen LogP contribution in [0.25, 0.3) is 10.8 Å². The van der Waals surface area contributed by atoms with E-state index < -0.39 is 5.97 Å². The van der Waals surface area contributed by atoms with E-state index in [1.165, 1.54) is 7.11 Å². The zero-order valence-electron chi connectivity index (χ0n) is 15.7. The van der Waals surface area contributed by atoms with Gasteiger partial charge in [-0.2, -0.15) is 0 Å². The van der Waals surface area contributed by atoms with Crippen LogP contribution in [0.5, 0.6) is 5.75 Å². The fourth-order valence-electron chi connectivity index (χ4n) is 3.65. The largest absolute Gasteiger partial charge is 0.507 e. The maximum atomic E-state index is 12.1. The Balaban J connectivity index is 1.58. The highest BCUT2D eigenvalue weighted by Gasteiger charge is 2.23. The summed E-state index contributed by atoms with van der Waals surface area (Å²) in [5.74, 6) is 0.349. The molecule has 4 rings (SSSR count). The van der Waals surface area contributed by atoms with Gasteiger partial charge < -0.3 is 14.7 Å². The molecule has 1 fully saturated rings. The van der Waals surface area contributed by atoms with Crippen molar-refractivity contribution in [2.45, 2.75) is 6.54 Å². The highest BCUT2D eigenvalue weighted by Crippen LogP contribution is 2.33. The number of nitrogens with zero attached hydrogens (tertiary/aromatic N) is 4. The molecule has 144 valence electrons. The molecule has 1 aromatic heterocycles. The van der Waals surface area contributed by atoms with Gasteiger partial charge in [0, 0.05) is 50.7 Å². The number of ether oxygens (including phenoxy) is 1. The second kappa shape index (κ2) is 7.82.